The van der Waals surface area contributed by atoms with E-state index in [-0.39, 0.29) is 81.6 Å². The molecule has 4 aromatic carbocycles. The summed E-state index contributed by atoms with van der Waals surface area (Å²) in [6.45, 7) is 23.9. The maximum atomic E-state index is 15.3. The van der Waals surface area contributed by atoms with Gasteiger partial charge in [-0.3, -0.25) is 33.8 Å². The van der Waals surface area contributed by atoms with E-state index in [4.69, 9.17) is 23.5 Å². The minimum absolute atomic E-state index is 0. The molecule has 29 heteroatoms. The molecule has 6 aromatic heterocycles. The molecule has 0 amide bonds. The van der Waals surface area contributed by atoms with Gasteiger partial charge in [-0.25, -0.2) is 18.7 Å². The summed E-state index contributed by atoms with van der Waals surface area (Å²) >= 11 is 3.37. The van der Waals surface area contributed by atoms with Crippen molar-refractivity contribution >= 4 is 79.0 Å². The molecule has 105 heavy (non-hydrogen) atoms. The van der Waals surface area contributed by atoms with Crippen molar-refractivity contribution in [2.75, 3.05) is 50.9 Å². The zero-order valence-electron chi connectivity index (χ0n) is 61.8. The Morgan fingerprint density at radius 2 is 1.08 bits per heavy atom. The largest absolute Gasteiger partial charge is 1.00 e. The van der Waals surface area contributed by atoms with Crippen LogP contribution in [0.1, 0.15) is 98.4 Å². The molecule has 0 bridgehead atoms. The van der Waals surface area contributed by atoms with E-state index in [1.54, 1.807) is 118 Å². The molecule has 9 heterocycles. The molecule has 10 aromatic rings. The summed E-state index contributed by atoms with van der Waals surface area (Å²) in [5, 5.41) is 26.1. The fourth-order valence-corrected chi connectivity index (χ4v) is 12.6. The Kier molecular flexibility index (Phi) is 24.2. The second-order valence-corrected chi connectivity index (χ2v) is 30.1. The van der Waals surface area contributed by atoms with Crippen molar-refractivity contribution in [3.63, 3.8) is 0 Å². The van der Waals surface area contributed by atoms with Gasteiger partial charge in [0, 0.05) is 91.5 Å². The summed E-state index contributed by atoms with van der Waals surface area (Å²) in [7, 11) is 6.66. The molecule has 0 atom stereocenters. The number of likely N-dealkylation sites (N-methyl/N-ethyl adjacent to an activating group) is 2. The fraction of sp³-hybridized carbons (Fsp3) is 0.355. The number of hydrogen-bond acceptors (Lipinski definition) is 20. The molecule has 3 aliphatic rings. The van der Waals surface area contributed by atoms with Crippen LogP contribution in [0.2, 0.25) is 0 Å². The van der Waals surface area contributed by atoms with Gasteiger partial charge in [0.2, 0.25) is 0 Å². The Hall–Kier alpha value is -9.21. The minimum atomic E-state index is -0.761. The van der Waals surface area contributed by atoms with Crippen molar-refractivity contribution in [2.45, 2.75) is 124 Å². The number of anilines is 4. The third kappa shape index (κ3) is 17.7. The first-order valence-corrected chi connectivity index (χ1v) is 34.4. The molecule has 546 valence electrons. The van der Waals surface area contributed by atoms with Crippen LogP contribution in [0.25, 0.3) is 44.0 Å². The number of fused-ring (bicyclic) bond motifs is 2. The maximum Gasteiger partial charge on any atom is 1.00 e. The number of aromatic nitrogens is 8. The van der Waals surface area contributed by atoms with Gasteiger partial charge in [0.05, 0.1) is 64.7 Å². The Morgan fingerprint density at radius 3 is 1.50 bits per heavy atom. The van der Waals surface area contributed by atoms with Gasteiger partial charge in [0.25, 0.3) is 22.2 Å². The topological polar surface area (TPSA) is 284 Å². The van der Waals surface area contributed by atoms with Gasteiger partial charge in [-0.2, -0.15) is 19.6 Å². The Labute approximate surface area is 627 Å². The van der Waals surface area contributed by atoms with E-state index >= 15 is 8.78 Å². The predicted octanol–water partition coefficient (Wildman–Crippen LogP) is 7.50. The Morgan fingerprint density at radius 1 is 0.629 bits per heavy atom. The number of nitrogens with one attached hydrogen (secondary N) is 2. The molecule has 0 saturated carbocycles. The molecule has 24 nitrogen and oxygen atoms in total. The second-order valence-electron chi connectivity index (χ2n) is 29.2. The number of aryl methyl sites for hydroxylation is 2. The predicted molar refractivity (Wildman–Crippen MR) is 400 cm³/mol. The Balaban J connectivity index is 0.000000191. The number of aliphatic hydroxyl groups excluding tert-OH is 1. The van der Waals surface area contributed by atoms with E-state index in [1.807, 2.05) is 82.4 Å². The molecule has 3 aliphatic heterocycles. The number of halogens is 3. The number of rotatable bonds is 15. The van der Waals surface area contributed by atoms with E-state index in [2.05, 4.69) is 63.6 Å². The number of ether oxygens (including phenoxy) is 3. The third-order valence-corrected chi connectivity index (χ3v) is 19.0. The number of likely N-dealkylation sites (tertiary alicyclic amines) is 2. The van der Waals surface area contributed by atoms with Crippen molar-refractivity contribution < 1.29 is 66.5 Å². The van der Waals surface area contributed by atoms with Crippen LogP contribution in [-0.2, 0) is 57.0 Å². The van der Waals surface area contributed by atoms with Gasteiger partial charge in [0.1, 0.15) is 65.0 Å². The third-order valence-electron chi connectivity index (χ3n) is 18.6. The standard InChI is InChI=1S/C34H35FN6O4.C27H32BFN2O5.C15H17BrN4O2.Li.H2O/c1-34(2,3)22-11-20-14-37-41(33(44)31(20)27(35)13-22)29-8-6-7-25(26(29)19-42)21-12-28(32(43)40(5)16-21)38-30-10-9-23(15-36-30)45-24-17-39(4)18-24;1-16(32)34-15-19-20(28-35-26(5,6)27(7,8)36-28)10-9-11-22(19)31-24(33)23-17(14-30-31)12-18(13-21(23)29)25(2,3)4;1-19-8-12(9-19)22-11-3-4-14(17-6-11)18-13-5-10(16)7-20(2)15(13)21;;/h6-16,24,42H,17-19H2,1-5H3,(H,36,38);9-14H,15H2,1-8H3;3-7,12H,8-9H2,1-2H3,(H,17,18);;1H2/q;;;+1;/p-1. The molecule has 0 aliphatic carbocycles. The first kappa shape index (κ1) is 79.9. The number of hydrogen-bond donors (Lipinski definition) is 3. The van der Waals surface area contributed by atoms with Crippen molar-refractivity contribution in [3.05, 3.63) is 214 Å². The monoisotopic (exact) mass is 1490 g/mol. The molecular formula is C76H85BBrF2LiN12O12. The number of esters is 1. The molecule has 3 saturated heterocycles. The number of aliphatic hydroxyl groups is 1. The van der Waals surface area contributed by atoms with Crippen LogP contribution < -0.4 is 66.7 Å². The second kappa shape index (κ2) is 31.9. The molecule has 0 unspecified atom stereocenters. The number of pyridine rings is 4. The van der Waals surface area contributed by atoms with Gasteiger partial charge in [-0.1, -0.05) is 65.8 Å². The van der Waals surface area contributed by atoms with Crippen molar-refractivity contribution in [1.82, 2.24) is 48.5 Å². The van der Waals surface area contributed by atoms with Crippen LogP contribution in [0.4, 0.5) is 31.8 Å². The van der Waals surface area contributed by atoms with Gasteiger partial charge in [-0.05, 0) is 163 Å². The van der Waals surface area contributed by atoms with Crippen LogP contribution in [0.5, 0.6) is 11.5 Å². The number of nitrogens with zero attached hydrogens (tertiary/aromatic N) is 10. The average Bonchev–Trinajstić information content (AvgIpc) is 1.40. The van der Waals surface area contributed by atoms with Crippen molar-refractivity contribution in [2.24, 2.45) is 14.1 Å². The van der Waals surface area contributed by atoms with E-state index < -0.39 is 53.6 Å². The van der Waals surface area contributed by atoms with Gasteiger partial charge < -0.3 is 53.9 Å². The summed E-state index contributed by atoms with van der Waals surface area (Å²) in [4.78, 5) is 77.0. The van der Waals surface area contributed by atoms with E-state index in [1.165, 1.54) is 40.6 Å². The number of carbonyl (C=O) groups is 1. The molecule has 3 fully saturated rings. The van der Waals surface area contributed by atoms with Crippen LogP contribution in [-0.4, -0.2) is 136 Å². The number of carbonyl (C=O) groups excluding carboxylic acids is 1. The normalized spacial score (nSPS) is 15.1. The molecule has 13 rings (SSSR count). The first-order valence-electron chi connectivity index (χ1n) is 33.6. The maximum absolute atomic E-state index is 15.3. The first-order chi connectivity index (χ1) is 48.6. The smallest absolute Gasteiger partial charge is 0.870 e. The van der Waals surface area contributed by atoms with Crippen molar-refractivity contribution in [3.8, 4) is 34.0 Å². The zero-order chi connectivity index (χ0) is 74.4. The summed E-state index contributed by atoms with van der Waals surface area (Å²) in [6, 6.07) is 27.3. The Bertz CT molecular complexity index is 5120. The quantitative estimate of drug-likeness (QED) is 0.0661. The minimum Gasteiger partial charge on any atom is -0.870 e. The van der Waals surface area contributed by atoms with E-state index in [0.29, 0.717) is 72.9 Å². The van der Waals surface area contributed by atoms with Gasteiger partial charge in [0.15, 0.2) is 0 Å². The van der Waals surface area contributed by atoms with Crippen LogP contribution >= 0.6 is 15.9 Å². The van der Waals surface area contributed by atoms with Crippen LogP contribution in [0.3, 0.4) is 0 Å². The average molecular weight is 1490 g/mol. The van der Waals surface area contributed by atoms with Gasteiger partial charge in [-0.15, -0.1) is 0 Å². The molecular weight excluding hydrogens is 1410 g/mol. The van der Waals surface area contributed by atoms with Gasteiger partial charge >= 0.3 is 31.9 Å². The van der Waals surface area contributed by atoms with E-state index in [0.717, 1.165) is 56.9 Å². The number of benzene rings is 4. The SMILES string of the molecule is CC(=O)OCc1c(B2OC(C)(C)C(C)(C)O2)cccc1-n1ncc2cc(C(C)(C)C)cc(F)c2c1=O.CN1CC(Oc2ccc(Nc3cc(-c4cccc(-n5ncc6cc(C(C)(C)C)cc(F)c6c5=O)c4CO)cn(C)c3=O)nc2)C1.CN1CC(Oc2ccc(Nc3cc(Br)cn(C)c3=O)nc2)C1.[Li+].[OH-]. The van der Waals surface area contributed by atoms with E-state index in [9.17, 15) is 29.1 Å². The summed E-state index contributed by atoms with van der Waals surface area (Å²) in [5.41, 5.74) is 2.15. The fourth-order valence-electron chi connectivity index (χ4n) is 12.0. The van der Waals surface area contributed by atoms with Crippen molar-refractivity contribution in [1.29, 1.82) is 0 Å². The van der Waals surface area contributed by atoms with Crippen LogP contribution in [0.15, 0.2) is 158 Å². The summed E-state index contributed by atoms with van der Waals surface area (Å²) in [5.74, 6) is 0.738. The van der Waals surface area contributed by atoms with Crippen LogP contribution in [0, 0.1) is 11.6 Å². The molecule has 0 spiro atoms. The summed E-state index contributed by atoms with van der Waals surface area (Å²) < 4.78 is 66.0. The molecule has 0 radical (unpaired) electrons. The summed E-state index contributed by atoms with van der Waals surface area (Å²) in [6.07, 6.45) is 9.97. The molecule has 4 N–H and O–H groups in total. The zero-order valence-corrected chi connectivity index (χ0v) is 63.3.